The summed E-state index contributed by atoms with van der Waals surface area (Å²) in [7, 11) is 0. The first-order valence-corrected chi connectivity index (χ1v) is 7.59. The Morgan fingerprint density at radius 1 is 1.30 bits per heavy atom. The van der Waals surface area contributed by atoms with Crippen molar-refractivity contribution in [1.29, 1.82) is 0 Å². The Labute approximate surface area is 124 Å². The Bertz CT molecular complexity index is 432. The lowest BCUT2D eigenvalue weighted by Crippen LogP contribution is -2.12. The third-order valence-electron chi connectivity index (χ3n) is 3.00. The molecule has 20 heavy (non-hydrogen) atoms. The first-order valence-electron chi connectivity index (χ1n) is 6.85. The number of carbonyl (C=O) groups is 1. The first-order chi connectivity index (χ1) is 9.70. The second-order valence-electron chi connectivity index (χ2n) is 4.72. The van der Waals surface area contributed by atoms with Crippen LogP contribution < -0.4 is 0 Å². The Balaban J connectivity index is 1.53. The second-order valence-corrected chi connectivity index (χ2v) is 5.60. The molecule has 2 unspecified atom stereocenters. The highest BCUT2D eigenvalue weighted by Crippen LogP contribution is 2.34. The molecule has 4 nitrogen and oxygen atoms in total. The number of hydrogen-bond acceptors (Lipinski definition) is 5. The Morgan fingerprint density at radius 2 is 2.05 bits per heavy atom. The summed E-state index contributed by atoms with van der Waals surface area (Å²) < 4.78 is 15.9. The number of rotatable bonds is 8. The first kappa shape index (κ1) is 15.4. The highest BCUT2D eigenvalue weighted by Gasteiger charge is 2.45. The predicted molar refractivity (Wildman–Crippen MR) is 77.5 cm³/mol. The predicted octanol–water partition coefficient (Wildman–Crippen LogP) is 2.99. The van der Waals surface area contributed by atoms with E-state index in [4.69, 9.17) is 13.7 Å². The summed E-state index contributed by atoms with van der Waals surface area (Å²) in [6, 6.07) is 8.16. The Kier molecular flexibility index (Phi) is 5.88. The highest BCUT2D eigenvalue weighted by molar-refractivity contribution is 7.94. The molecule has 110 valence electrons. The molecule has 0 N–H and O–H groups in total. The quantitative estimate of drug-likeness (QED) is 0.419. The van der Waals surface area contributed by atoms with E-state index in [1.165, 1.54) is 17.6 Å². The second kappa shape index (κ2) is 7.67. The molecular weight excluding hydrogens is 276 g/mol. The Hall–Kier alpha value is -1.04. The summed E-state index contributed by atoms with van der Waals surface area (Å²) in [6.07, 6.45) is 0.784. The van der Waals surface area contributed by atoms with Crippen LogP contribution in [0.4, 0.5) is 0 Å². The van der Waals surface area contributed by atoms with Gasteiger partial charge in [0.15, 0.2) is 0 Å². The van der Waals surface area contributed by atoms with E-state index >= 15 is 0 Å². The molecule has 1 aromatic rings. The summed E-state index contributed by atoms with van der Waals surface area (Å²) in [5.74, 6) is -0.216. The Morgan fingerprint density at radius 3 is 2.75 bits per heavy atom. The molecule has 2 atom stereocenters. The maximum atomic E-state index is 11.4. The van der Waals surface area contributed by atoms with Crippen LogP contribution in [0.5, 0.6) is 0 Å². The van der Waals surface area contributed by atoms with Crippen molar-refractivity contribution in [3.05, 3.63) is 29.8 Å². The van der Waals surface area contributed by atoms with Gasteiger partial charge in [-0.05, 0) is 32.4 Å². The normalized spacial score (nSPS) is 20.7. The van der Waals surface area contributed by atoms with Crippen molar-refractivity contribution in [2.75, 3.05) is 19.8 Å². The lowest BCUT2D eigenvalue weighted by molar-refractivity contribution is -0.145. The minimum Gasteiger partial charge on any atom is -0.466 e. The van der Waals surface area contributed by atoms with Crippen LogP contribution in [0.2, 0.25) is 0 Å². The van der Waals surface area contributed by atoms with Crippen molar-refractivity contribution >= 4 is 18.0 Å². The van der Waals surface area contributed by atoms with Crippen LogP contribution in [-0.4, -0.2) is 31.9 Å². The maximum absolute atomic E-state index is 11.4. The van der Waals surface area contributed by atoms with Gasteiger partial charge >= 0.3 is 5.97 Å². The monoisotopic (exact) mass is 296 g/mol. The van der Waals surface area contributed by atoms with Crippen LogP contribution in [0.15, 0.2) is 29.2 Å². The van der Waals surface area contributed by atoms with Gasteiger partial charge in [0, 0.05) is 16.9 Å². The SMILES string of the molecule is CCOC(=O)C1CC1OCCOSc1ccc(C)cc1. The minimum atomic E-state index is -0.146. The topological polar surface area (TPSA) is 44.8 Å². The van der Waals surface area contributed by atoms with Gasteiger partial charge in [-0.3, -0.25) is 4.79 Å². The average Bonchev–Trinajstić information content (AvgIpc) is 3.20. The van der Waals surface area contributed by atoms with Crippen LogP contribution in [-0.2, 0) is 18.5 Å². The fourth-order valence-electron chi connectivity index (χ4n) is 1.79. The minimum absolute atomic E-state index is 0.0158. The van der Waals surface area contributed by atoms with Gasteiger partial charge in [-0.2, -0.15) is 0 Å². The zero-order valence-electron chi connectivity index (χ0n) is 11.8. The van der Waals surface area contributed by atoms with E-state index < -0.39 is 0 Å². The summed E-state index contributed by atoms with van der Waals surface area (Å²) in [5, 5.41) is 0. The van der Waals surface area contributed by atoms with E-state index in [-0.39, 0.29) is 18.0 Å². The number of ether oxygens (including phenoxy) is 2. The van der Waals surface area contributed by atoms with Crippen molar-refractivity contribution in [2.45, 2.75) is 31.3 Å². The van der Waals surface area contributed by atoms with Gasteiger partial charge < -0.3 is 13.7 Å². The lowest BCUT2D eigenvalue weighted by atomic mass is 10.2. The standard InChI is InChI=1S/C15H20O4S/c1-3-17-15(16)13-10-14(13)18-8-9-19-20-12-6-4-11(2)5-7-12/h4-7,13-14H,3,8-10H2,1-2H3. The van der Waals surface area contributed by atoms with Crippen molar-refractivity contribution in [3.8, 4) is 0 Å². The number of esters is 1. The molecule has 5 heteroatoms. The van der Waals surface area contributed by atoms with Crippen LogP contribution in [0, 0.1) is 12.8 Å². The molecule has 1 aliphatic rings. The van der Waals surface area contributed by atoms with Crippen molar-refractivity contribution in [1.82, 2.24) is 0 Å². The van der Waals surface area contributed by atoms with E-state index in [2.05, 4.69) is 19.1 Å². The van der Waals surface area contributed by atoms with Crippen LogP contribution >= 0.6 is 12.0 Å². The molecule has 0 aromatic heterocycles. The lowest BCUT2D eigenvalue weighted by Gasteiger charge is -2.05. The summed E-state index contributed by atoms with van der Waals surface area (Å²) >= 11 is 1.34. The van der Waals surface area contributed by atoms with Crippen molar-refractivity contribution in [3.63, 3.8) is 0 Å². The number of carbonyl (C=O) groups excluding carboxylic acids is 1. The molecule has 2 rings (SSSR count). The maximum Gasteiger partial charge on any atom is 0.311 e. The third-order valence-corrected chi connectivity index (χ3v) is 3.75. The molecule has 0 radical (unpaired) electrons. The largest absolute Gasteiger partial charge is 0.466 e. The number of hydrogen-bond donors (Lipinski definition) is 0. The van der Waals surface area contributed by atoms with Crippen LogP contribution in [0.25, 0.3) is 0 Å². The van der Waals surface area contributed by atoms with Gasteiger partial charge in [0.25, 0.3) is 0 Å². The zero-order chi connectivity index (χ0) is 14.4. The molecule has 0 aliphatic heterocycles. The molecule has 1 aromatic carbocycles. The van der Waals surface area contributed by atoms with E-state index in [1.807, 2.05) is 19.1 Å². The molecule has 0 spiro atoms. The van der Waals surface area contributed by atoms with Gasteiger partial charge in [0.1, 0.15) is 0 Å². The fraction of sp³-hybridized carbons (Fsp3) is 0.533. The molecule has 1 aliphatic carbocycles. The van der Waals surface area contributed by atoms with Gasteiger partial charge in [-0.15, -0.1) is 0 Å². The van der Waals surface area contributed by atoms with Crippen LogP contribution in [0.1, 0.15) is 18.9 Å². The van der Waals surface area contributed by atoms with Gasteiger partial charge in [0.05, 0.1) is 31.8 Å². The third kappa shape index (κ3) is 4.81. The van der Waals surface area contributed by atoms with Gasteiger partial charge in [0.2, 0.25) is 0 Å². The fourth-order valence-corrected chi connectivity index (χ4v) is 2.32. The molecule has 1 saturated carbocycles. The highest BCUT2D eigenvalue weighted by atomic mass is 32.2. The molecule has 0 heterocycles. The number of aryl methyl sites for hydroxylation is 1. The van der Waals surface area contributed by atoms with Gasteiger partial charge in [-0.25, -0.2) is 0 Å². The smallest absolute Gasteiger partial charge is 0.311 e. The molecule has 1 fully saturated rings. The van der Waals surface area contributed by atoms with Crippen LogP contribution in [0.3, 0.4) is 0 Å². The van der Waals surface area contributed by atoms with Crippen molar-refractivity contribution < 1.29 is 18.5 Å². The number of benzene rings is 1. The van der Waals surface area contributed by atoms with Gasteiger partial charge in [-0.1, -0.05) is 17.7 Å². The molecule has 0 amide bonds. The summed E-state index contributed by atoms with van der Waals surface area (Å²) in [6.45, 7) is 5.30. The summed E-state index contributed by atoms with van der Waals surface area (Å²) in [5.41, 5.74) is 1.23. The zero-order valence-corrected chi connectivity index (χ0v) is 12.7. The molecule has 0 saturated heterocycles. The average molecular weight is 296 g/mol. The van der Waals surface area contributed by atoms with E-state index in [1.54, 1.807) is 0 Å². The molecule has 0 bridgehead atoms. The van der Waals surface area contributed by atoms with E-state index in [0.717, 1.165) is 11.3 Å². The van der Waals surface area contributed by atoms with E-state index in [9.17, 15) is 4.79 Å². The summed E-state index contributed by atoms with van der Waals surface area (Å²) in [4.78, 5) is 12.5. The van der Waals surface area contributed by atoms with E-state index in [0.29, 0.717) is 19.8 Å². The van der Waals surface area contributed by atoms with Crippen molar-refractivity contribution in [2.24, 2.45) is 5.92 Å². The molecular formula is C15H20O4S.